The molecule has 7 heteroatoms. The van der Waals surface area contributed by atoms with Crippen LogP contribution < -0.4 is 5.32 Å². The summed E-state index contributed by atoms with van der Waals surface area (Å²) < 4.78 is 18.9. The van der Waals surface area contributed by atoms with Crippen LogP contribution in [0.3, 0.4) is 0 Å². The van der Waals surface area contributed by atoms with Gasteiger partial charge < -0.3 is 15.2 Å². The molecule has 1 aliphatic heterocycles. The third-order valence-corrected chi connectivity index (χ3v) is 6.35. The van der Waals surface area contributed by atoms with Gasteiger partial charge in [0.2, 0.25) is 0 Å². The zero-order valence-corrected chi connectivity index (χ0v) is 19.4. The average Bonchev–Trinajstić information content (AvgIpc) is 2.80. The molecule has 0 spiro atoms. The maximum absolute atomic E-state index is 14.1. The molecule has 1 unspecified atom stereocenters. The summed E-state index contributed by atoms with van der Waals surface area (Å²) in [5, 5.41) is 14.7. The van der Waals surface area contributed by atoms with Crippen molar-refractivity contribution in [3.63, 3.8) is 0 Å². The number of rotatable bonds is 9. The molecule has 2 atom stereocenters. The maximum atomic E-state index is 14.1. The standard InChI is InChI=1S/C25H32ClFN2O3/c1-17(25(31)32-2)23-14-19(5-8-24(23)27)13-22(30)15-28-21-9-11-29(12-10-21)16-18-3-6-20(26)7-4-18/h3-8,14,17,21-22,28,30H,9-13,15-16H2,1-2H3/t17?,22-/m0/s1. The molecule has 1 fully saturated rings. The minimum absolute atomic E-state index is 0.294. The Morgan fingerprint density at radius 3 is 2.53 bits per heavy atom. The Hall–Kier alpha value is -1.99. The molecule has 1 heterocycles. The van der Waals surface area contributed by atoms with E-state index in [9.17, 15) is 14.3 Å². The molecule has 0 saturated carbocycles. The van der Waals surface area contributed by atoms with Gasteiger partial charge in [-0.2, -0.15) is 0 Å². The smallest absolute Gasteiger partial charge is 0.312 e. The lowest BCUT2D eigenvalue weighted by Crippen LogP contribution is -2.44. The fourth-order valence-electron chi connectivity index (χ4n) is 4.15. The quantitative estimate of drug-likeness (QED) is 0.553. The van der Waals surface area contributed by atoms with Crippen molar-refractivity contribution in [3.05, 3.63) is 70.0 Å². The molecular weight excluding hydrogens is 431 g/mol. The highest BCUT2D eigenvalue weighted by atomic mass is 35.5. The van der Waals surface area contributed by atoms with Crippen LogP contribution >= 0.6 is 11.6 Å². The molecule has 3 rings (SSSR count). The number of ether oxygens (including phenoxy) is 1. The predicted octanol–water partition coefficient (Wildman–Crippen LogP) is 3.91. The normalized spacial score (nSPS) is 17.2. The molecule has 0 aromatic heterocycles. The molecule has 174 valence electrons. The number of likely N-dealkylation sites (tertiary alicyclic amines) is 1. The van der Waals surface area contributed by atoms with E-state index in [0.717, 1.165) is 43.1 Å². The summed E-state index contributed by atoms with van der Waals surface area (Å²) in [4.78, 5) is 14.2. The molecule has 5 nitrogen and oxygen atoms in total. The Balaban J connectivity index is 1.43. The minimum atomic E-state index is -0.687. The van der Waals surface area contributed by atoms with Crippen LogP contribution in [0.5, 0.6) is 0 Å². The Kier molecular flexibility index (Phi) is 9.05. The third kappa shape index (κ3) is 7.01. The van der Waals surface area contributed by atoms with Crippen LogP contribution in [0.15, 0.2) is 42.5 Å². The van der Waals surface area contributed by atoms with Crippen molar-refractivity contribution in [1.82, 2.24) is 10.2 Å². The van der Waals surface area contributed by atoms with Crippen molar-refractivity contribution in [3.8, 4) is 0 Å². The van der Waals surface area contributed by atoms with E-state index in [0.29, 0.717) is 24.6 Å². The van der Waals surface area contributed by atoms with Gasteiger partial charge in [0.1, 0.15) is 5.82 Å². The van der Waals surface area contributed by atoms with Crippen molar-refractivity contribution in [2.45, 2.75) is 50.8 Å². The van der Waals surface area contributed by atoms with Gasteiger partial charge in [0, 0.05) is 29.7 Å². The second-order valence-electron chi connectivity index (χ2n) is 8.54. The second kappa shape index (κ2) is 11.8. The number of carbonyl (C=O) groups is 1. The number of hydrogen-bond donors (Lipinski definition) is 2. The molecule has 0 amide bonds. The highest BCUT2D eigenvalue weighted by molar-refractivity contribution is 6.30. The van der Waals surface area contributed by atoms with E-state index in [1.807, 2.05) is 12.1 Å². The van der Waals surface area contributed by atoms with Gasteiger partial charge >= 0.3 is 5.97 Å². The number of piperidine rings is 1. The van der Waals surface area contributed by atoms with Crippen molar-refractivity contribution in [2.75, 3.05) is 26.7 Å². The maximum Gasteiger partial charge on any atom is 0.312 e. The number of benzene rings is 2. The fourth-order valence-corrected chi connectivity index (χ4v) is 4.27. The number of methoxy groups -OCH3 is 1. The lowest BCUT2D eigenvalue weighted by atomic mass is 9.96. The van der Waals surface area contributed by atoms with Crippen LogP contribution in [-0.4, -0.2) is 54.9 Å². The number of halogens is 2. The van der Waals surface area contributed by atoms with Crippen LogP contribution in [0.2, 0.25) is 5.02 Å². The van der Waals surface area contributed by atoms with Gasteiger partial charge in [0.05, 0.1) is 19.1 Å². The van der Waals surface area contributed by atoms with Crippen molar-refractivity contribution in [2.24, 2.45) is 0 Å². The summed E-state index contributed by atoms with van der Waals surface area (Å²) in [5.74, 6) is -1.61. The van der Waals surface area contributed by atoms with Gasteiger partial charge in [-0.15, -0.1) is 0 Å². The summed E-state index contributed by atoms with van der Waals surface area (Å²) in [6.07, 6.45) is 1.85. The molecule has 1 aliphatic rings. The van der Waals surface area contributed by atoms with Crippen molar-refractivity contribution < 1.29 is 19.0 Å². The van der Waals surface area contributed by atoms with E-state index in [2.05, 4.69) is 22.3 Å². The fraction of sp³-hybridized carbons (Fsp3) is 0.480. The van der Waals surface area contributed by atoms with Gasteiger partial charge in [-0.05, 0) is 68.6 Å². The molecule has 0 bridgehead atoms. The van der Waals surface area contributed by atoms with E-state index in [4.69, 9.17) is 16.3 Å². The largest absolute Gasteiger partial charge is 0.469 e. The Morgan fingerprint density at radius 1 is 1.22 bits per heavy atom. The number of hydrogen-bond acceptors (Lipinski definition) is 5. The number of esters is 1. The SMILES string of the molecule is COC(=O)C(C)c1cc(C[C@H](O)CNC2CCN(Cc3ccc(Cl)cc3)CC2)ccc1F. The van der Waals surface area contributed by atoms with Crippen LogP contribution in [-0.2, 0) is 22.5 Å². The average molecular weight is 463 g/mol. The topological polar surface area (TPSA) is 61.8 Å². The zero-order chi connectivity index (χ0) is 23.1. The number of carbonyl (C=O) groups excluding carboxylic acids is 1. The van der Waals surface area contributed by atoms with Crippen molar-refractivity contribution >= 4 is 17.6 Å². The summed E-state index contributed by atoms with van der Waals surface area (Å²) >= 11 is 5.95. The van der Waals surface area contributed by atoms with E-state index in [1.165, 1.54) is 18.7 Å². The van der Waals surface area contributed by atoms with E-state index in [-0.39, 0.29) is 0 Å². The molecule has 1 saturated heterocycles. The third-order valence-electron chi connectivity index (χ3n) is 6.10. The van der Waals surface area contributed by atoms with Crippen LogP contribution in [0.25, 0.3) is 0 Å². The number of aliphatic hydroxyl groups excluding tert-OH is 1. The number of aliphatic hydroxyl groups is 1. The van der Waals surface area contributed by atoms with Gasteiger partial charge in [-0.3, -0.25) is 9.69 Å². The first-order valence-corrected chi connectivity index (χ1v) is 11.5. The molecule has 0 radical (unpaired) electrons. The summed E-state index contributed by atoms with van der Waals surface area (Å²) in [7, 11) is 1.29. The van der Waals surface area contributed by atoms with Crippen LogP contribution in [0, 0.1) is 5.82 Å². The highest BCUT2D eigenvalue weighted by Gasteiger charge is 2.22. The second-order valence-corrected chi connectivity index (χ2v) is 8.98. The molecule has 2 N–H and O–H groups in total. The predicted molar refractivity (Wildman–Crippen MR) is 124 cm³/mol. The first-order valence-electron chi connectivity index (χ1n) is 11.1. The van der Waals surface area contributed by atoms with Gasteiger partial charge in [-0.25, -0.2) is 4.39 Å². The van der Waals surface area contributed by atoms with Gasteiger partial charge in [-0.1, -0.05) is 35.9 Å². The van der Waals surface area contributed by atoms with Crippen LogP contribution in [0.1, 0.15) is 42.4 Å². The van der Waals surface area contributed by atoms with Crippen molar-refractivity contribution in [1.29, 1.82) is 0 Å². The van der Waals surface area contributed by atoms with Crippen LogP contribution in [0.4, 0.5) is 4.39 Å². The highest BCUT2D eigenvalue weighted by Crippen LogP contribution is 2.22. The lowest BCUT2D eigenvalue weighted by molar-refractivity contribution is -0.142. The van der Waals surface area contributed by atoms with Gasteiger partial charge in [0.25, 0.3) is 0 Å². The minimum Gasteiger partial charge on any atom is -0.469 e. The lowest BCUT2D eigenvalue weighted by Gasteiger charge is -2.33. The van der Waals surface area contributed by atoms with E-state index >= 15 is 0 Å². The Morgan fingerprint density at radius 2 is 1.88 bits per heavy atom. The summed E-state index contributed by atoms with van der Waals surface area (Å²) in [6, 6.07) is 13.0. The van der Waals surface area contributed by atoms with E-state index < -0.39 is 23.8 Å². The number of nitrogens with zero attached hydrogens (tertiary/aromatic N) is 1. The molecule has 2 aromatic rings. The molecule has 0 aliphatic carbocycles. The molecular formula is C25H32ClFN2O3. The molecule has 32 heavy (non-hydrogen) atoms. The summed E-state index contributed by atoms with van der Waals surface area (Å²) in [6.45, 7) is 5.02. The monoisotopic (exact) mass is 462 g/mol. The summed E-state index contributed by atoms with van der Waals surface area (Å²) in [5.41, 5.74) is 2.35. The van der Waals surface area contributed by atoms with E-state index in [1.54, 1.807) is 19.1 Å². The first-order chi connectivity index (χ1) is 15.4. The number of nitrogens with one attached hydrogen (secondary N) is 1. The first kappa shape index (κ1) is 24.6. The zero-order valence-electron chi connectivity index (χ0n) is 18.7. The van der Waals surface area contributed by atoms with Gasteiger partial charge in [0.15, 0.2) is 0 Å². The Bertz CT molecular complexity index is 885. The molecule has 2 aromatic carbocycles. The Labute approximate surface area is 194 Å².